The van der Waals surface area contributed by atoms with Gasteiger partial charge < -0.3 is 15.5 Å². The third-order valence-corrected chi connectivity index (χ3v) is 3.55. The van der Waals surface area contributed by atoms with Crippen molar-refractivity contribution in [3.05, 3.63) is 35.4 Å². The van der Waals surface area contributed by atoms with E-state index < -0.39 is 0 Å². The Bertz CT molecular complexity index is 454. The highest BCUT2D eigenvalue weighted by Gasteiger charge is 2.05. The van der Waals surface area contributed by atoms with Crippen LogP contribution in [0.15, 0.2) is 29.3 Å². The van der Waals surface area contributed by atoms with Gasteiger partial charge in [0.1, 0.15) is 0 Å². The smallest absolute Gasteiger partial charge is 0.191 e. The highest BCUT2D eigenvalue weighted by Crippen LogP contribution is 2.16. The molecule has 1 aromatic carbocycles. The summed E-state index contributed by atoms with van der Waals surface area (Å²) in [5.74, 6) is 1.35. The van der Waals surface area contributed by atoms with Crippen LogP contribution in [-0.2, 0) is 0 Å². The van der Waals surface area contributed by atoms with E-state index >= 15 is 0 Å². The summed E-state index contributed by atoms with van der Waals surface area (Å²) in [6, 6.07) is 8.69. The zero-order valence-corrected chi connectivity index (χ0v) is 14.8. The molecule has 0 saturated heterocycles. The largest absolute Gasteiger partial charge is 0.357 e. The van der Waals surface area contributed by atoms with Gasteiger partial charge >= 0.3 is 0 Å². The second kappa shape index (κ2) is 10.2. The van der Waals surface area contributed by atoms with E-state index in [0.29, 0.717) is 5.92 Å². The van der Waals surface area contributed by atoms with E-state index in [1.165, 1.54) is 11.1 Å². The normalized spacial score (nSPS) is 13.3. The van der Waals surface area contributed by atoms with Gasteiger partial charge in [0.05, 0.1) is 0 Å². The Hall–Kier alpha value is -1.55. The fraction of sp³-hybridized carbons (Fsp3) is 0.611. The number of rotatable bonds is 8. The Morgan fingerprint density at radius 1 is 1.27 bits per heavy atom. The molecule has 0 saturated carbocycles. The lowest BCUT2D eigenvalue weighted by atomic mass is 10.00. The summed E-state index contributed by atoms with van der Waals surface area (Å²) in [4.78, 5) is 6.92. The molecule has 0 aliphatic rings. The van der Waals surface area contributed by atoms with Gasteiger partial charge in [0, 0.05) is 25.6 Å². The highest BCUT2D eigenvalue weighted by atomic mass is 15.2. The molecule has 0 fully saturated rings. The second-order valence-corrected chi connectivity index (χ2v) is 6.12. The summed E-state index contributed by atoms with van der Waals surface area (Å²) in [6.45, 7) is 10.2. The van der Waals surface area contributed by atoms with Gasteiger partial charge in [-0.3, -0.25) is 4.99 Å². The molecule has 0 amide bonds. The number of hydrogen-bond acceptors (Lipinski definition) is 2. The van der Waals surface area contributed by atoms with Crippen LogP contribution in [0.2, 0.25) is 0 Å². The maximum absolute atomic E-state index is 4.72. The molecule has 4 heteroatoms. The lowest BCUT2D eigenvalue weighted by Crippen LogP contribution is -2.38. The lowest BCUT2D eigenvalue weighted by Gasteiger charge is -2.15. The number of benzene rings is 1. The molecule has 1 rings (SSSR count). The third-order valence-electron chi connectivity index (χ3n) is 3.55. The minimum Gasteiger partial charge on any atom is -0.357 e. The van der Waals surface area contributed by atoms with Crippen molar-refractivity contribution >= 4 is 5.96 Å². The first-order chi connectivity index (χ1) is 10.5. The molecule has 0 radical (unpaired) electrons. The zero-order chi connectivity index (χ0) is 16.4. The van der Waals surface area contributed by atoms with Crippen molar-refractivity contribution in [2.24, 2.45) is 4.99 Å². The number of hydrogen-bond donors (Lipinski definition) is 2. The van der Waals surface area contributed by atoms with E-state index in [1.54, 1.807) is 0 Å². The average Bonchev–Trinajstić information content (AvgIpc) is 2.48. The van der Waals surface area contributed by atoms with Crippen molar-refractivity contribution in [3.63, 3.8) is 0 Å². The summed E-state index contributed by atoms with van der Waals surface area (Å²) in [5, 5.41) is 6.72. The molecule has 1 aromatic rings. The molecule has 124 valence electrons. The first-order valence-electron chi connectivity index (χ1n) is 8.26. The molecule has 22 heavy (non-hydrogen) atoms. The lowest BCUT2D eigenvalue weighted by molar-refractivity contribution is 0.399. The van der Waals surface area contributed by atoms with Crippen molar-refractivity contribution in [1.29, 1.82) is 0 Å². The number of guanidine groups is 1. The zero-order valence-electron chi connectivity index (χ0n) is 14.8. The monoisotopic (exact) mass is 304 g/mol. The van der Waals surface area contributed by atoms with Crippen LogP contribution in [-0.4, -0.2) is 51.1 Å². The first-order valence-corrected chi connectivity index (χ1v) is 8.26. The number of nitrogens with one attached hydrogen (secondary N) is 2. The van der Waals surface area contributed by atoms with Crippen molar-refractivity contribution in [1.82, 2.24) is 15.5 Å². The molecular formula is C18H32N4. The molecule has 0 aliphatic heterocycles. The van der Waals surface area contributed by atoms with E-state index in [9.17, 15) is 0 Å². The van der Waals surface area contributed by atoms with Gasteiger partial charge in [0.2, 0.25) is 0 Å². The quantitative estimate of drug-likeness (QED) is 0.440. The Labute approximate surface area is 136 Å². The van der Waals surface area contributed by atoms with Crippen LogP contribution in [0.1, 0.15) is 37.3 Å². The van der Waals surface area contributed by atoms with Gasteiger partial charge in [-0.25, -0.2) is 0 Å². The molecule has 1 atom stereocenters. The SMILES string of the molecule is CCNC(=NCC(C)c1cccc(C)c1)NCCCN(C)C. The Morgan fingerprint density at radius 2 is 2.05 bits per heavy atom. The second-order valence-electron chi connectivity index (χ2n) is 6.12. The van der Waals surface area contributed by atoms with Crippen molar-refractivity contribution < 1.29 is 0 Å². The van der Waals surface area contributed by atoms with Gasteiger partial charge in [0.25, 0.3) is 0 Å². The van der Waals surface area contributed by atoms with Crippen LogP contribution in [0.25, 0.3) is 0 Å². The minimum atomic E-state index is 0.428. The van der Waals surface area contributed by atoms with E-state index in [4.69, 9.17) is 4.99 Å². The van der Waals surface area contributed by atoms with Crippen LogP contribution in [0.5, 0.6) is 0 Å². The van der Waals surface area contributed by atoms with Crippen LogP contribution in [0.4, 0.5) is 0 Å². The molecule has 0 heterocycles. The summed E-state index contributed by atoms with van der Waals surface area (Å²) < 4.78 is 0. The van der Waals surface area contributed by atoms with Gasteiger partial charge in [-0.15, -0.1) is 0 Å². The predicted octanol–water partition coefficient (Wildman–Crippen LogP) is 2.61. The molecule has 0 spiro atoms. The highest BCUT2D eigenvalue weighted by molar-refractivity contribution is 5.79. The molecule has 0 aliphatic carbocycles. The van der Waals surface area contributed by atoms with E-state index in [1.807, 2.05) is 0 Å². The average molecular weight is 304 g/mol. The Morgan fingerprint density at radius 3 is 2.68 bits per heavy atom. The predicted molar refractivity (Wildman–Crippen MR) is 96.7 cm³/mol. The van der Waals surface area contributed by atoms with E-state index in [2.05, 4.69) is 74.7 Å². The Kier molecular flexibility index (Phi) is 8.60. The summed E-state index contributed by atoms with van der Waals surface area (Å²) in [5.41, 5.74) is 2.66. The fourth-order valence-electron chi connectivity index (χ4n) is 2.25. The van der Waals surface area contributed by atoms with E-state index in [0.717, 1.165) is 38.6 Å². The molecule has 0 aromatic heterocycles. The van der Waals surface area contributed by atoms with E-state index in [-0.39, 0.29) is 0 Å². The number of aliphatic imine (C=N–C) groups is 1. The Balaban J connectivity index is 2.50. The number of nitrogens with zero attached hydrogens (tertiary/aromatic N) is 2. The minimum absolute atomic E-state index is 0.428. The van der Waals surface area contributed by atoms with Crippen molar-refractivity contribution in [3.8, 4) is 0 Å². The maximum Gasteiger partial charge on any atom is 0.191 e. The third kappa shape index (κ3) is 7.46. The number of aryl methyl sites for hydroxylation is 1. The molecule has 2 N–H and O–H groups in total. The van der Waals surface area contributed by atoms with Crippen LogP contribution >= 0.6 is 0 Å². The summed E-state index contributed by atoms with van der Waals surface area (Å²) >= 11 is 0. The van der Waals surface area contributed by atoms with Gasteiger partial charge in [0.15, 0.2) is 5.96 Å². The maximum atomic E-state index is 4.72. The molecule has 1 unspecified atom stereocenters. The molecular weight excluding hydrogens is 272 g/mol. The molecule has 4 nitrogen and oxygen atoms in total. The first kappa shape index (κ1) is 18.5. The summed E-state index contributed by atoms with van der Waals surface area (Å²) in [6.07, 6.45) is 1.12. The van der Waals surface area contributed by atoms with Crippen molar-refractivity contribution in [2.45, 2.75) is 33.1 Å². The topological polar surface area (TPSA) is 39.7 Å². The van der Waals surface area contributed by atoms with Crippen LogP contribution < -0.4 is 10.6 Å². The van der Waals surface area contributed by atoms with Crippen molar-refractivity contribution in [2.75, 3.05) is 40.3 Å². The summed E-state index contributed by atoms with van der Waals surface area (Å²) in [7, 11) is 4.20. The van der Waals surface area contributed by atoms with Gasteiger partial charge in [-0.1, -0.05) is 36.8 Å². The van der Waals surface area contributed by atoms with Gasteiger partial charge in [-0.05, 0) is 46.5 Å². The fourth-order valence-corrected chi connectivity index (χ4v) is 2.25. The standard InChI is InChI=1S/C18H32N4/c1-6-19-18(20-11-8-12-22(4)5)21-14-16(3)17-10-7-9-15(2)13-17/h7,9-10,13,16H,6,8,11-12,14H2,1-5H3,(H2,19,20,21). The van der Waals surface area contributed by atoms with Crippen LogP contribution in [0, 0.1) is 6.92 Å². The van der Waals surface area contributed by atoms with Gasteiger partial charge in [-0.2, -0.15) is 0 Å². The molecule has 0 bridgehead atoms. The van der Waals surface area contributed by atoms with Crippen LogP contribution in [0.3, 0.4) is 0 Å².